The number of benzene rings is 1. The first kappa shape index (κ1) is 13.4. The van der Waals surface area contributed by atoms with Gasteiger partial charge in [-0.2, -0.15) is 0 Å². The molecule has 1 aliphatic carbocycles. The highest BCUT2D eigenvalue weighted by Crippen LogP contribution is 2.22. The van der Waals surface area contributed by atoms with Crippen LogP contribution >= 0.6 is 11.8 Å². The smallest absolute Gasteiger partial charge is 0.320 e. The van der Waals surface area contributed by atoms with Crippen molar-refractivity contribution in [3.05, 3.63) is 29.8 Å². The molecule has 2 N–H and O–H groups in total. The lowest BCUT2D eigenvalue weighted by molar-refractivity contribution is -0.139. The molecule has 0 radical (unpaired) electrons. The molecule has 0 bridgehead atoms. The zero-order valence-corrected chi connectivity index (χ0v) is 11.4. The van der Waals surface area contributed by atoms with Gasteiger partial charge in [-0.15, -0.1) is 11.8 Å². The highest BCUT2D eigenvalue weighted by atomic mass is 32.2. The minimum absolute atomic E-state index is 0.393. The van der Waals surface area contributed by atoms with Crippen LogP contribution < -0.4 is 5.32 Å². The summed E-state index contributed by atoms with van der Waals surface area (Å²) in [5, 5.41) is 12.3. The zero-order valence-electron chi connectivity index (χ0n) is 10.6. The maximum atomic E-state index is 11.1. The number of carboxylic acid groups (broad SMARTS) is 1. The Morgan fingerprint density at radius 2 is 2.11 bits per heavy atom. The number of carbonyl (C=O) groups is 1. The van der Waals surface area contributed by atoms with Crippen molar-refractivity contribution in [2.24, 2.45) is 0 Å². The van der Waals surface area contributed by atoms with E-state index < -0.39 is 12.0 Å². The monoisotopic (exact) mass is 265 g/mol. The van der Waals surface area contributed by atoms with Gasteiger partial charge in [-0.3, -0.25) is 4.79 Å². The molecule has 1 aliphatic rings. The van der Waals surface area contributed by atoms with Gasteiger partial charge in [-0.1, -0.05) is 17.7 Å². The average molecular weight is 265 g/mol. The molecule has 2 rings (SSSR count). The topological polar surface area (TPSA) is 49.3 Å². The molecule has 4 heteroatoms. The maximum Gasteiger partial charge on any atom is 0.320 e. The van der Waals surface area contributed by atoms with Crippen molar-refractivity contribution in [2.45, 2.75) is 43.2 Å². The van der Waals surface area contributed by atoms with Crippen LogP contribution in [0.2, 0.25) is 0 Å². The van der Waals surface area contributed by atoms with Crippen molar-refractivity contribution < 1.29 is 9.90 Å². The maximum absolute atomic E-state index is 11.1. The van der Waals surface area contributed by atoms with E-state index >= 15 is 0 Å². The van der Waals surface area contributed by atoms with Crippen LogP contribution in [0, 0.1) is 6.92 Å². The predicted molar refractivity (Wildman–Crippen MR) is 74.1 cm³/mol. The van der Waals surface area contributed by atoms with E-state index in [0.717, 1.165) is 18.6 Å². The summed E-state index contributed by atoms with van der Waals surface area (Å²) in [5.41, 5.74) is 1.25. The number of aryl methyl sites for hydroxylation is 1. The molecule has 1 aromatic carbocycles. The summed E-state index contributed by atoms with van der Waals surface area (Å²) in [4.78, 5) is 12.3. The van der Waals surface area contributed by atoms with E-state index in [9.17, 15) is 4.79 Å². The molecule has 1 unspecified atom stereocenters. The first-order valence-corrected chi connectivity index (χ1v) is 7.32. The molecule has 1 saturated carbocycles. The summed E-state index contributed by atoms with van der Waals surface area (Å²) in [6.07, 6.45) is 2.91. The molecule has 0 spiro atoms. The van der Waals surface area contributed by atoms with E-state index in [1.54, 1.807) is 11.8 Å². The second kappa shape index (κ2) is 6.25. The number of rotatable bonds is 7. The zero-order chi connectivity index (χ0) is 13.0. The number of hydrogen-bond acceptors (Lipinski definition) is 3. The third-order valence-corrected chi connectivity index (χ3v) is 4.05. The molecule has 98 valence electrons. The molecule has 1 fully saturated rings. The number of nitrogens with one attached hydrogen (secondary N) is 1. The first-order chi connectivity index (χ1) is 8.65. The summed E-state index contributed by atoms with van der Waals surface area (Å²) in [6.45, 7) is 2.06. The largest absolute Gasteiger partial charge is 0.480 e. The van der Waals surface area contributed by atoms with Crippen LogP contribution in [0.25, 0.3) is 0 Å². The Morgan fingerprint density at radius 1 is 1.44 bits per heavy atom. The van der Waals surface area contributed by atoms with E-state index in [-0.39, 0.29) is 0 Å². The van der Waals surface area contributed by atoms with Gasteiger partial charge in [0, 0.05) is 16.7 Å². The molecule has 0 aromatic heterocycles. The van der Waals surface area contributed by atoms with E-state index in [0.29, 0.717) is 12.5 Å². The third-order valence-electron chi connectivity index (χ3n) is 3.01. The Bertz CT molecular complexity index is 401. The SMILES string of the molecule is Cc1ccc(SCCC(NC2CC2)C(=O)O)cc1. The lowest BCUT2D eigenvalue weighted by atomic mass is 10.2. The van der Waals surface area contributed by atoms with Crippen molar-refractivity contribution in [3.63, 3.8) is 0 Å². The Hall–Kier alpha value is -1.00. The van der Waals surface area contributed by atoms with Crippen molar-refractivity contribution in [2.75, 3.05) is 5.75 Å². The minimum atomic E-state index is -0.730. The number of aliphatic carboxylic acids is 1. The van der Waals surface area contributed by atoms with E-state index in [2.05, 4.69) is 36.5 Å². The standard InChI is InChI=1S/C14H19NO2S/c1-10-2-6-12(7-3-10)18-9-8-13(14(16)17)15-11-4-5-11/h2-3,6-7,11,13,15H,4-5,8-9H2,1H3,(H,16,17). The molecule has 0 saturated heterocycles. The van der Waals surface area contributed by atoms with Crippen LogP contribution in [-0.2, 0) is 4.79 Å². The van der Waals surface area contributed by atoms with Gasteiger partial charge in [0.15, 0.2) is 0 Å². The van der Waals surface area contributed by atoms with E-state index in [1.165, 1.54) is 10.5 Å². The quantitative estimate of drug-likeness (QED) is 0.744. The van der Waals surface area contributed by atoms with Crippen molar-refractivity contribution in [1.29, 1.82) is 0 Å². The second-order valence-corrected chi connectivity index (χ2v) is 5.95. The normalized spacial score (nSPS) is 16.5. The van der Waals surface area contributed by atoms with Gasteiger partial charge >= 0.3 is 5.97 Å². The third kappa shape index (κ3) is 4.35. The molecular weight excluding hydrogens is 246 g/mol. The van der Waals surface area contributed by atoms with Crippen LogP contribution in [0.3, 0.4) is 0 Å². The van der Waals surface area contributed by atoms with Gasteiger partial charge in [-0.25, -0.2) is 0 Å². The Balaban J connectivity index is 1.75. The first-order valence-electron chi connectivity index (χ1n) is 6.33. The van der Waals surface area contributed by atoms with Crippen LogP contribution in [0.1, 0.15) is 24.8 Å². The Morgan fingerprint density at radius 3 is 2.67 bits per heavy atom. The summed E-state index contributed by atoms with van der Waals surface area (Å²) in [5.74, 6) is 0.103. The van der Waals surface area contributed by atoms with Gasteiger partial charge in [-0.05, 0) is 38.3 Å². The van der Waals surface area contributed by atoms with Crippen LogP contribution in [0.15, 0.2) is 29.2 Å². The fourth-order valence-corrected chi connectivity index (χ4v) is 2.66. The highest BCUT2D eigenvalue weighted by Gasteiger charge is 2.27. The lowest BCUT2D eigenvalue weighted by Crippen LogP contribution is -2.38. The van der Waals surface area contributed by atoms with Gasteiger partial charge < -0.3 is 10.4 Å². The minimum Gasteiger partial charge on any atom is -0.480 e. The second-order valence-electron chi connectivity index (χ2n) is 4.78. The molecule has 3 nitrogen and oxygen atoms in total. The van der Waals surface area contributed by atoms with Gasteiger partial charge in [0.1, 0.15) is 6.04 Å². The van der Waals surface area contributed by atoms with Crippen LogP contribution in [-0.4, -0.2) is 28.9 Å². The Labute approximate surface area is 112 Å². The van der Waals surface area contributed by atoms with Crippen molar-refractivity contribution >= 4 is 17.7 Å². The summed E-state index contributed by atoms with van der Waals surface area (Å²) in [7, 11) is 0. The number of carboxylic acids is 1. The van der Waals surface area contributed by atoms with Crippen LogP contribution in [0.4, 0.5) is 0 Å². The summed E-state index contributed by atoms with van der Waals surface area (Å²) >= 11 is 1.72. The average Bonchev–Trinajstić information content (AvgIpc) is 3.14. The molecule has 0 heterocycles. The number of hydrogen-bond donors (Lipinski definition) is 2. The van der Waals surface area contributed by atoms with E-state index in [4.69, 9.17) is 5.11 Å². The fraction of sp³-hybridized carbons (Fsp3) is 0.500. The van der Waals surface area contributed by atoms with Gasteiger partial charge in [0.2, 0.25) is 0 Å². The molecular formula is C14H19NO2S. The highest BCUT2D eigenvalue weighted by molar-refractivity contribution is 7.99. The van der Waals surface area contributed by atoms with Gasteiger partial charge in [0.05, 0.1) is 0 Å². The van der Waals surface area contributed by atoms with Crippen molar-refractivity contribution in [3.8, 4) is 0 Å². The fourth-order valence-electron chi connectivity index (χ4n) is 1.74. The molecule has 0 aliphatic heterocycles. The molecule has 18 heavy (non-hydrogen) atoms. The molecule has 1 atom stereocenters. The molecule has 0 amide bonds. The summed E-state index contributed by atoms with van der Waals surface area (Å²) in [6, 6.07) is 8.39. The van der Waals surface area contributed by atoms with E-state index in [1.807, 2.05) is 0 Å². The Kier molecular flexibility index (Phi) is 4.66. The van der Waals surface area contributed by atoms with Crippen molar-refractivity contribution in [1.82, 2.24) is 5.32 Å². The van der Waals surface area contributed by atoms with Gasteiger partial charge in [0.25, 0.3) is 0 Å². The number of thioether (sulfide) groups is 1. The predicted octanol–water partition coefficient (Wildman–Crippen LogP) is 2.68. The molecule has 1 aromatic rings. The summed E-state index contributed by atoms with van der Waals surface area (Å²) < 4.78 is 0. The van der Waals surface area contributed by atoms with Crippen LogP contribution in [0.5, 0.6) is 0 Å². The lowest BCUT2D eigenvalue weighted by Gasteiger charge is -2.13.